The summed E-state index contributed by atoms with van der Waals surface area (Å²) in [5, 5.41) is 8.25. The fraction of sp³-hybridized carbons (Fsp3) is 0.846. The van der Waals surface area contributed by atoms with Crippen LogP contribution in [0.25, 0.3) is 0 Å². The number of carbonyl (C=O) groups is 2. The number of carboxylic acids is 1. The molecule has 0 aromatic heterocycles. The standard InChI is InChI=1S/C13H21NO5S2/c1-21(18,19)11-8-20-7-6-14(11)12(15)9-2-4-10(5-3-9)13(16)17/h9-11H,2-8H2,1H3,(H,16,17). The summed E-state index contributed by atoms with van der Waals surface area (Å²) < 4.78 is 23.7. The SMILES string of the molecule is CS(=O)(=O)C1CSCCN1C(=O)C1CCC(C(=O)O)CC1. The number of hydrogen-bond donors (Lipinski definition) is 1. The van der Waals surface area contributed by atoms with Crippen LogP contribution in [0.2, 0.25) is 0 Å². The maximum Gasteiger partial charge on any atom is 0.306 e. The van der Waals surface area contributed by atoms with Crippen LogP contribution in [0.3, 0.4) is 0 Å². The molecule has 1 saturated heterocycles. The molecule has 8 heteroatoms. The molecule has 1 atom stereocenters. The predicted molar refractivity (Wildman–Crippen MR) is 80.8 cm³/mol. The van der Waals surface area contributed by atoms with Crippen molar-refractivity contribution in [2.75, 3.05) is 24.3 Å². The number of carbonyl (C=O) groups excluding carboxylic acids is 1. The number of thioether (sulfide) groups is 1. The van der Waals surface area contributed by atoms with Crippen LogP contribution in [0.15, 0.2) is 0 Å². The fourth-order valence-corrected chi connectivity index (χ4v) is 5.83. The first kappa shape index (κ1) is 16.6. The highest BCUT2D eigenvalue weighted by Gasteiger charge is 2.38. The van der Waals surface area contributed by atoms with Gasteiger partial charge in [0.1, 0.15) is 5.37 Å². The van der Waals surface area contributed by atoms with Crippen molar-refractivity contribution >= 4 is 33.5 Å². The van der Waals surface area contributed by atoms with Crippen LogP contribution in [0.1, 0.15) is 25.7 Å². The van der Waals surface area contributed by atoms with E-state index in [0.717, 1.165) is 5.75 Å². The molecule has 0 spiro atoms. The molecule has 1 heterocycles. The van der Waals surface area contributed by atoms with Crippen molar-refractivity contribution in [3.8, 4) is 0 Å². The van der Waals surface area contributed by atoms with Gasteiger partial charge in [0.15, 0.2) is 9.84 Å². The third-order valence-electron chi connectivity index (χ3n) is 4.29. The van der Waals surface area contributed by atoms with Crippen molar-refractivity contribution in [3.63, 3.8) is 0 Å². The van der Waals surface area contributed by atoms with Gasteiger partial charge < -0.3 is 10.0 Å². The number of carboxylic acid groups (broad SMARTS) is 1. The van der Waals surface area contributed by atoms with Gasteiger partial charge in [0, 0.05) is 30.2 Å². The summed E-state index contributed by atoms with van der Waals surface area (Å²) in [6, 6.07) is 0. The predicted octanol–water partition coefficient (Wildman–Crippen LogP) is 0.823. The topological polar surface area (TPSA) is 91.8 Å². The van der Waals surface area contributed by atoms with Gasteiger partial charge in [-0.15, -0.1) is 0 Å². The third-order valence-corrected chi connectivity index (χ3v) is 6.93. The summed E-state index contributed by atoms with van der Waals surface area (Å²) in [6.07, 6.45) is 3.24. The average molecular weight is 335 g/mol. The van der Waals surface area contributed by atoms with Gasteiger partial charge in [-0.1, -0.05) is 0 Å². The molecule has 0 aromatic rings. The first-order valence-electron chi connectivity index (χ1n) is 7.10. The van der Waals surface area contributed by atoms with E-state index in [1.165, 1.54) is 11.2 Å². The summed E-state index contributed by atoms with van der Waals surface area (Å²) in [5.41, 5.74) is 0. The maximum atomic E-state index is 12.6. The summed E-state index contributed by atoms with van der Waals surface area (Å²) in [6.45, 7) is 0.458. The smallest absolute Gasteiger partial charge is 0.306 e. The molecule has 21 heavy (non-hydrogen) atoms. The Morgan fingerprint density at radius 1 is 1.14 bits per heavy atom. The molecule has 2 aliphatic rings. The Bertz CT molecular complexity index is 511. The highest BCUT2D eigenvalue weighted by molar-refractivity contribution is 8.00. The van der Waals surface area contributed by atoms with Gasteiger partial charge >= 0.3 is 5.97 Å². The fourth-order valence-electron chi connectivity index (χ4n) is 3.01. The van der Waals surface area contributed by atoms with Gasteiger partial charge in [-0.3, -0.25) is 9.59 Å². The Morgan fingerprint density at radius 2 is 1.71 bits per heavy atom. The first-order valence-corrected chi connectivity index (χ1v) is 10.2. The Morgan fingerprint density at radius 3 is 2.24 bits per heavy atom. The minimum Gasteiger partial charge on any atom is -0.481 e. The van der Waals surface area contributed by atoms with Gasteiger partial charge in [0.2, 0.25) is 5.91 Å². The molecule has 0 bridgehead atoms. The molecular weight excluding hydrogens is 314 g/mol. The molecule has 2 fully saturated rings. The summed E-state index contributed by atoms with van der Waals surface area (Å²) >= 11 is 1.55. The molecule has 0 aromatic carbocycles. The zero-order valence-corrected chi connectivity index (χ0v) is 13.7. The van der Waals surface area contributed by atoms with Crippen LogP contribution in [0.5, 0.6) is 0 Å². The van der Waals surface area contributed by atoms with E-state index in [2.05, 4.69) is 0 Å². The first-order chi connectivity index (χ1) is 9.80. The number of rotatable bonds is 3. The maximum absolute atomic E-state index is 12.6. The van der Waals surface area contributed by atoms with E-state index >= 15 is 0 Å². The van der Waals surface area contributed by atoms with E-state index in [9.17, 15) is 18.0 Å². The van der Waals surface area contributed by atoms with Crippen LogP contribution in [0, 0.1) is 11.8 Å². The van der Waals surface area contributed by atoms with Crippen molar-refractivity contribution in [3.05, 3.63) is 0 Å². The largest absolute Gasteiger partial charge is 0.481 e. The lowest BCUT2D eigenvalue weighted by molar-refractivity contribution is -0.145. The van der Waals surface area contributed by atoms with Crippen molar-refractivity contribution in [1.82, 2.24) is 4.90 Å². The van der Waals surface area contributed by atoms with Crippen LogP contribution in [-0.2, 0) is 19.4 Å². The molecule has 1 aliphatic heterocycles. The monoisotopic (exact) mass is 335 g/mol. The molecule has 1 N–H and O–H groups in total. The summed E-state index contributed by atoms with van der Waals surface area (Å²) in [7, 11) is -3.29. The summed E-state index contributed by atoms with van der Waals surface area (Å²) in [5.74, 6) is -0.333. The van der Waals surface area contributed by atoms with Crippen LogP contribution in [-0.4, -0.2) is 60.0 Å². The number of sulfone groups is 1. The van der Waals surface area contributed by atoms with Crippen molar-refractivity contribution in [2.45, 2.75) is 31.1 Å². The molecule has 120 valence electrons. The van der Waals surface area contributed by atoms with Gasteiger partial charge in [-0.25, -0.2) is 8.42 Å². The second kappa shape index (κ2) is 6.56. The van der Waals surface area contributed by atoms with E-state index in [0.29, 0.717) is 38.0 Å². The molecule has 6 nitrogen and oxygen atoms in total. The molecule has 1 aliphatic carbocycles. The zero-order valence-electron chi connectivity index (χ0n) is 12.0. The van der Waals surface area contributed by atoms with Gasteiger partial charge in [-0.05, 0) is 25.7 Å². The van der Waals surface area contributed by atoms with Crippen molar-refractivity contribution in [2.24, 2.45) is 11.8 Å². The molecule has 0 radical (unpaired) electrons. The van der Waals surface area contributed by atoms with E-state index in [4.69, 9.17) is 5.11 Å². The second-order valence-electron chi connectivity index (χ2n) is 5.78. The lowest BCUT2D eigenvalue weighted by atomic mass is 9.81. The van der Waals surface area contributed by atoms with E-state index < -0.39 is 21.2 Å². The van der Waals surface area contributed by atoms with E-state index in [1.54, 1.807) is 11.8 Å². The highest BCUT2D eigenvalue weighted by Crippen LogP contribution is 2.32. The van der Waals surface area contributed by atoms with Crippen molar-refractivity contribution in [1.29, 1.82) is 0 Å². The number of nitrogens with zero attached hydrogens (tertiary/aromatic N) is 1. The molecule has 1 amide bonds. The van der Waals surface area contributed by atoms with Crippen LogP contribution in [0.4, 0.5) is 0 Å². The minimum atomic E-state index is -3.29. The lowest BCUT2D eigenvalue weighted by Gasteiger charge is -2.37. The normalized spacial score (nSPS) is 30.9. The Kier molecular flexibility index (Phi) is 5.19. The molecule has 1 unspecified atom stereocenters. The second-order valence-corrected chi connectivity index (χ2v) is 9.13. The molecule has 1 saturated carbocycles. The Labute approximate surface area is 129 Å². The van der Waals surface area contributed by atoms with Crippen molar-refractivity contribution < 1.29 is 23.1 Å². The van der Waals surface area contributed by atoms with E-state index in [1.807, 2.05) is 0 Å². The third kappa shape index (κ3) is 3.91. The number of hydrogen-bond acceptors (Lipinski definition) is 5. The Hall–Kier alpha value is -0.760. The summed E-state index contributed by atoms with van der Waals surface area (Å²) in [4.78, 5) is 25.0. The van der Waals surface area contributed by atoms with Gasteiger partial charge in [0.05, 0.1) is 5.92 Å². The minimum absolute atomic E-state index is 0.116. The number of amides is 1. The Balaban J connectivity index is 2.03. The highest BCUT2D eigenvalue weighted by atomic mass is 32.2. The average Bonchev–Trinajstić information content (AvgIpc) is 2.45. The lowest BCUT2D eigenvalue weighted by Crippen LogP contribution is -2.52. The zero-order chi connectivity index (χ0) is 15.6. The number of aliphatic carboxylic acids is 1. The van der Waals surface area contributed by atoms with Crippen LogP contribution >= 0.6 is 11.8 Å². The van der Waals surface area contributed by atoms with Crippen LogP contribution < -0.4 is 0 Å². The molecule has 2 rings (SSSR count). The van der Waals surface area contributed by atoms with E-state index in [-0.39, 0.29) is 17.7 Å². The van der Waals surface area contributed by atoms with Gasteiger partial charge in [0.25, 0.3) is 0 Å². The molecular formula is C13H21NO5S2. The quantitative estimate of drug-likeness (QED) is 0.821. The van der Waals surface area contributed by atoms with Gasteiger partial charge in [-0.2, -0.15) is 11.8 Å².